The van der Waals surface area contributed by atoms with Crippen LogP contribution in [0.5, 0.6) is 0 Å². The number of hydrogen-bond acceptors (Lipinski definition) is 5. The third-order valence-corrected chi connectivity index (χ3v) is 3.87. The van der Waals surface area contributed by atoms with Gasteiger partial charge in [-0.3, -0.25) is 4.79 Å². The van der Waals surface area contributed by atoms with Crippen LogP contribution in [0.25, 0.3) is 0 Å². The molecule has 0 unspecified atom stereocenters. The quantitative estimate of drug-likeness (QED) is 0.843. The molecule has 0 amide bonds. The van der Waals surface area contributed by atoms with Crippen LogP contribution in [0.2, 0.25) is 0 Å². The summed E-state index contributed by atoms with van der Waals surface area (Å²) < 4.78 is 0. The molecule has 6 heteroatoms. The molecular weight excluding hydrogens is 274 g/mol. The first-order valence-electron chi connectivity index (χ1n) is 6.17. The van der Waals surface area contributed by atoms with Gasteiger partial charge >= 0.3 is 5.97 Å². The summed E-state index contributed by atoms with van der Waals surface area (Å²) in [5.74, 6) is -0.918. The molecule has 0 saturated carbocycles. The molecule has 0 aliphatic heterocycles. The molecule has 0 saturated heterocycles. The number of thiophene rings is 1. The molecule has 1 N–H and O–H groups in total. The van der Waals surface area contributed by atoms with Crippen LogP contribution in [-0.4, -0.2) is 24.2 Å². The summed E-state index contributed by atoms with van der Waals surface area (Å²) in [5.41, 5.74) is 1.31. The number of hydrogen-bond donors (Lipinski definition) is 1. The zero-order valence-electron chi connectivity index (χ0n) is 11.8. The van der Waals surface area contributed by atoms with Gasteiger partial charge in [-0.05, 0) is 16.4 Å². The van der Waals surface area contributed by atoms with Crippen LogP contribution in [-0.2, 0) is 10.2 Å². The number of nitrogens with zero attached hydrogens (tertiary/aromatic N) is 3. The molecule has 0 spiro atoms. The highest BCUT2D eigenvalue weighted by atomic mass is 32.1. The Kier molecular flexibility index (Phi) is 5.12. The van der Waals surface area contributed by atoms with E-state index in [1.165, 1.54) is 11.3 Å². The molecule has 0 aromatic carbocycles. The Morgan fingerprint density at radius 3 is 2.55 bits per heavy atom. The van der Waals surface area contributed by atoms with Crippen LogP contribution in [0, 0.1) is 22.7 Å². The molecule has 0 aliphatic rings. The molecule has 1 heterocycles. The molecule has 0 atom stereocenters. The summed E-state index contributed by atoms with van der Waals surface area (Å²) in [6, 6.07) is 4.21. The zero-order chi connectivity index (χ0) is 15.3. The number of carboxylic acids is 1. The third kappa shape index (κ3) is 3.72. The first-order valence-corrected chi connectivity index (χ1v) is 7.05. The van der Waals surface area contributed by atoms with Crippen LogP contribution in [0.3, 0.4) is 0 Å². The molecule has 0 radical (unpaired) electrons. The predicted molar refractivity (Wildman–Crippen MR) is 77.8 cm³/mol. The lowest BCUT2D eigenvalue weighted by Gasteiger charge is -2.21. The van der Waals surface area contributed by atoms with Crippen molar-refractivity contribution in [2.75, 3.05) is 18.0 Å². The van der Waals surface area contributed by atoms with Crippen molar-refractivity contribution in [2.24, 2.45) is 0 Å². The lowest BCUT2D eigenvalue weighted by atomic mass is 9.86. The maximum atomic E-state index is 10.7. The van der Waals surface area contributed by atoms with E-state index < -0.39 is 5.97 Å². The average molecular weight is 291 g/mol. The van der Waals surface area contributed by atoms with Gasteiger partial charge in [0.1, 0.15) is 17.6 Å². The minimum absolute atomic E-state index is 0.0602. The summed E-state index contributed by atoms with van der Waals surface area (Å²) in [6.45, 7) is 6.36. The number of carbonyl (C=O) groups is 1. The maximum absolute atomic E-state index is 10.7. The van der Waals surface area contributed by atoms with Gasteiger partial charge < -0.3 is 10.0 Å². The SMILES string of the molecule is CC(C)(C)c1csc(N(CC#N)CCC(=O)O)c1C#N. The van der Waals surface area contributed by atoms with Gasteiger partial charge in [0.25, 0.3) is 0 Å². The van der Waals surface area contributed by atoms with Crippen molar-refractivity contribution in [1.82, 2.24) is 0 Å². The minimum atomic E-state index is -0.918. The Bertz CT molecular complexity index is 573. The lowest BCUT2D eigenvalue weighted by Crippen LogP contribution is -2.26. The van der Waals surface area contributed by atoms with Gasteiger partial charge in [0.2, 0.25) is 0 Å². The highest BCUT2D eigenvalue weighted by Crippen LogP contribution is 2.37. The largest absolute Gasteiger partial charge is 0.481 e. The van der Waals surface area contributed by atoms with Gasteiger partial charge in [0.05, 0.1) is 18.1 Å². The number of carboxylic acid groups (broad SMARTS) is 1. The van der Waals surface area contributed by atoms with Crippen molar-refractivity contribution in [1.29, 1.82) is 10.5 Å². The van der Waals surface area contributed by atoms with Crippen LogP contribution in [0.4, 0.5) is 5.00 Å². The van der Waals surface area contributed by atoms with Gasteiger partial charge in [-0.2, -0.15) is 10.5 Å². The van der Waals surface area contributed by atoms with Crippen molar-refractivity contribution in [3.63, 3.8) is 0 Å². The summed E-state index contributed by atoms with van der Waals surface area (Å²) in [4.78, 5) is 12.3. The fraction of sp³-hybridized carbons (Fsp3) is 0.500. The molecule has 106 valence electrons. The summed E-state index contributed by atoms with van der Waals surface area (Å²) >= 11 is 1.39. The van der Waals surface area contributed by atoms with Gasteiger partial charge in [-0.15, -0.1) is 11.3 Å². The van der Waals surface area contributed by atoms with E-state index in [2.05, 4.69) is 6.07 Å². The second-order valence-corrected chi connectivity index (χ2v) is 6.27. The maximum Gasteiger partial charge on any atom is 0.305 e. The molecule has 1 rings (SSSR count). The minimum Gasteiger partial charge on any atom is -0.481 e. The molecule has 1 aromatic heterocycles. The Morgan fingerprint density at radius 1 is 1.45 bits per heavy atom. The van der Waals surface area contributed by atoms with Crippen molar-refractivity contribution >= 4 is 22.3 Å². The number of rotatable bonds is 5. The lowest BCUT2D eigenvalue weighted by molar-refractivity contribution is -0.136. The van der Waals surface area contributed by atoms with Crippen molar-refractivity contribution in [3.8, 4) is 12.1 Å². The van der Waals surface area contributed by atoms with Crippen LogP contribution >= 0.6 is 11.3 Å². The highest BCUT2D eigenvalue weighted by molar-refractivity contribution is 7.14. The van der Waals surface area contributed by atoms with Gasteiger partial charge in [-0.25, -0.2) is 0 Å². The van der Waals surface area contributed by atoms with E-state index in [0.29, 0.717) is 10.6 Å². The first kappa shape index (κ1) is 16.0. The Labute approximate surface area is 122 Å². The van der Waals surface area contributed by atoms with Crippen LogP contribution in [0.15, 0.2) is 5.38 Å². The summed E-state index contributed by atoms with van der Waals surface area (Å²) in [7, 11) is 0. The standard InChI is InChI=1S/C14H17N3O2S/c1-14(2,3)11-9-20-13(10(11)8-16)17(7-5-15)6-4-12(18)19/h9H,4,6-7H2,1-3H3,(H,18,19). The Morgan fingerprint density at radius 2 is 2.10 bits per heavy atom. The normalized spacial score (nSPS) is 10.7. The smallest absolute Gasteiger partial charge is 0.305 e. The second-order valence-electron chi connectivity index (χ2n) is 5.41. The monoisotopic (exact) mass is 291 g/mol. The topological polar surface area (TPSA) is 88.1 Å². The van der Waals surface area contributed by atoms with Crippen molar-refractivity contribution < 1.29 is 9.90 Å². The molecule has 1 aromatic rings. The van der Waals surface area contributed by atoms with Gasteiger partial charge in [0.15, 0.2) is 0 Å². The van der Waals surface area contributed by atoms with Crippen LogP contribution < -0.4 is 4.90 Å². The van der Waals surface area contributed by atoms with E-state index in [4.69, 9.17) is 10.4 Å². The average Bonchev–Trinajstić information content (AvgIpc) is 2.77. The first-order chi connectivity index (χ1) is 9.31. The van der Waals surface area contributed by atoms with E-state index in [1.807, 2.05) is 32.2 Å². The third-order valence-electron chi connectivity index (χ3n) is 2.84. The molecule has 0 fully saturated rings. The number of aliphatic carboxylic acids is 1. The summed E-state index contributed by atoms with van der Waals surface area (Å²) in [5, 5.41) is 29.6. The van der Waals surface area contributed by atoms with E-state index in [9.17, 15) is 10.1 Å². The van der Waals surface area contributed by atoms with Gasteiger partial charge in [0, 0.05) is 6.54 Å². The predicted octanol–water partition coefficient (Wildman–Crippen LogP) is 2.72. The Balaban J connectivity index is 3.15. The van der Waals surface area contributed by atoms with E-state index >= 15 is 0 Å². The zero-order valence-corrected chi connectivity index (χ0v) is 12.6. The molecule has 0 bridgehead atoms. The fourth-order valence-corrected chi connectivity index (χ4v) is 3.09. The molecule has 0 aliphatic carbocycles. The summed E-state index contributed by atoms with van der Waals surface area (Å²) in [6.07, 6.45) is -0.0602. The van der Waals surface area contributed by atoms with Crippen molar-refractivity contribution in [3.05, 3.63) is 16.5 Å². The molecule has 5 nitrogen and oxygen atoms in total. The second kappa shape index (κ2) is 6.40. The van der Waals surface area contributed by atoms with E-state index in [0.717, 1.165) is 5.56 Å². The number of nitriles is 2. The van der Waals surface area contributed by atoms with E-state index in [1.54, 1.807) is 4.90 Å². The van der Waals surface area contributed by atoms with Crippen molar-refractivity contribution in [2.45, 2.75) is 32.6 Å². The Hall–Kier alpha value is -2.05. The highest BCUT2D eigenvalue weighted by Gasteiger charge is 2.25. The van der Waals surface area contributed by atoms with Gasteiger partial charge in [-0.1, -0.05) is 20.8 Å². The van der Waals surface area contributed by atoms with E-state index in [-0.39, 0.29) is 24.9 Å². The number of anilines is 1. The van der Waals surface area contributed by atoms with Crippen LogP contribution in [0.1, 0.15) is 38.3 Å². The molecule has 20 heavy (non-hydrogen) atoms. The fourth-order valence-electron chi connectivity index (χ4n) is 1.81. The molecular formula is C14H17N3O2S.